The van der Waals surface area contributed by atoms with E-state index in [1.807, 2.05) is 36.0 Å². The highest BCUT2D eigenvalue weighted by molar-refractivity contribution is 6.07. The Balaban J connectivity index is 2.67. The van der Waals surface area contributed by atoms with E-state index in [0.29, 0.717) is 5.56 Å². The second-order valence-electron chi connectivity index (χ2n) is 4.24. The van der Waals surface area contributed by atoms with Gasteiger partial charge in [-0.2, -0.15) is 0 Å². The summed E-state index contributed by atoms with van der Waals surface area (Å²) in [5.41, 5.74) is 1.72. The molecule has 4 nitrogen and oxygen atoms in total. The van der Waals surface area contributed by atoms with Gasteiger partial charge in [0.1, 0.15) is 5.75 Å². The molecule has 0 N–H and O–H groups in total. The largest absolute Gasteiger partial charge is 0.497 e. The Labute approximate surface area is 100 Å². The molecule has 0 saturated carbocycles. The number of rotatable bonds is 2. The lowest BCUT2D eigenvalue weighted by Crippen LogP contribution is -2.21. The number of nitrogens with zero attached hydrogens (tertiary/aromatic N) is 2. The van der Waals surface area contributed by atoms with E-state index in [0.717, 1.165) is 16.7 Å². The second kappa shape index (κ2) is 4.13. The van der Waals surface area contributed by atoms with Crippen molar-refractivity contribution >= 4 is 16.8 Å². The maximum Gasteiger partial charge on any atom is 0.255 e. The van der Waals surface area contributed by atoms with E-state index >= 15 is 0 Å². The number of aromatic nitrogens is 1. The van der Waals surface area contributed by atoms with Crippen LogP contribution in [0.5, 0.6) is 5.75 Å². The molecule has 0 atom stereocenters. The van der Waals surface area contributed by atoms with Crippen molar-refractivity contribution in [2.75, 3.05) is 21.2 Å². The van der Waals surface area contributed by atoms with Gasteiger partial charge in [-0.25, -0.2) is 0 Å². The molecule has 4 heteroatoms. The zero-order valence-electron chi connectivity index (χ0n) is 10.5. The molecule has 0 bridgehead atoms. The number of hydrogen-bond acceptors (Lipinski definition) is 2. The standard InChI is InChI=1S/C13H16N2O2/c1-14(2)13(16)11-8-15(3)12-6-5-9(17-4)7-10(11)12/h5-8H,1-4H3. The number of methoxy groups -OCH3 is 1. The Bertz CT molecular complexity index is 570. The molecule has 2 rings (SSSR count). The zero-order valence-corrected chi connectivity index (χ0v) is 10.5. The molecule has 2 aromatic rings. The number of carbonyl (C=O) groups is 1. The van der Waals surface area contributed by atoms with Crippen molar-refractivity contribution in [2.24, 2.45) is 7.05 Å². The summed E-state index contributed by atoms with van der Waals surface area (Å²) in [7, 11) is 7.06. The molecule has 1 heterocycles. The molecule has 90 valence electrons. The van der Waals surface area contributed by atoms with Crippen LogP contribution >= 0.6 is 0 Å². The number of benzene rings is 1. The van der Waals surface area contributed by atoms with Crippen LogP contribution in [0.1, 0.15) is 10.4 Å². The Morgan fingerprint density at radius 3 is 2.65 bits per heavy atom. The molecular formula is C13H16N2O2. The van der Waals surface area contributed by atoms with Gasteiger partial charge in [0.05, 0.1) is 12.7 Å². The molecule has 1 amide bonds. The molecule has 0 unspecified atom stereocenters. The summed E-state index contributed by atoms with van der Waals surface area (Å²) in [4.78, 5) is 13.6. The van der Waals surface area contributed by atoms with Crippen LogP contribution in [0.3, 0.4) is 0 Å². The molecule has 17 heavy (non-hydrogen) atoms. The van der Waals surface area contributed by atoms with Crippen molar-refractivity contribution in [3.63, 3.8) is 0 Å². The molecule has 0 fully saturated rings. The Morgan fingerprint density at radius 2 is 2.06 bits per heavy atom. The summed E-state index contributed by atoms with van der Waals surface area (Å²) >= 11 is 0. The van der Waals surface area contributed by atoms with E-state index < -0.39 is 0 Å². The Hall–Kier alpha value is -1.97. The number of hydrogen-bond donors (Lipinski definition) is 0. The highest BCUT2D eigenvalue weighted by Crippen LogP contribution is 2.25. The van der Waals surface area contributed by atoms with Crippen molar-refractivity contribution in [1.29, 1.82) is 0 Å². The minimum absolute atomic E-state index is 0.00357. The number of amides is 1. The van der Waals surface area contributed by atoms with Crippen molar-refractivity contribution in [1.82, 2.24) is 9.47 Å². The van der Waals surface area contributed by atoms with Crippen molar-refractivity contribution in [2.45, 2.75) is 0 Å². The third kappa shape index (κ3) is 1.86. The van der Waals surface area contributed by atoms with Crippen LogP contribution in [-0.2, 0) is 7.05 Å². The lowest BCUT2D eigenvalue weighted by atomic mass is 10.1. The summed E-state index contributed by atoms with van der Waals surface area (Å²) in [6.07, 6.45) is 1.85. The highest BCUT2D eigenvalue weighted by Gasteiger charge is 2.15. The van der Waals surface area contributed by atoms with Gasteiger partial charge in [0.15, 0.2) is 0 Å². The predicted octanol–water partition coefficient (Wildman–Crippen LogP) is 1.89. The monoisotopic (exact) mass is 232 g/mol. The Morgan fingerprint density at radius 1 is 1.35 bits per heavy atom. The van der Waals surface area contributed by atoms with Crippen LogP contribution in [-0.4, -0.2) is 36.6 Å². The van der Waals surface area contributed by atoms with Gasteiger partial charge < -0.3 is 14.2 Å². The fourth-order valence-electron chi connectivity index (χ4n) is 1.91. The van der Waals surface area contributed by atoms with Crippen LogP contribution in [0.25, 0.3) is 10.9 Å². The van der Waals surface area contributed by atoms with Gasteiger partial charge in [-0.3, -0.25) is 4.79 Å². The smallest absolute Gasteiger partial charge is 0.255 e. The first-order chi connectivity index (χ1) is 8.04. The number of carbonyl (C=O) groups excluding carboxylic acids is 1. The topological polar surface area (TPSA) is 34.5 Å². The Kier molecular flexibility index (Phi) is 2.79. The normalized spacial score (nSPS) is 10.6. The van der Waals surface area contributed by atoms with Crippen molar-refractivity contribution in [3.05, 3.63) is 30.0 Å². The third-order valence-corrected chi connectivity index (χ3v) is 2.83. The predicted molar refractivity (Wildman–Crippen MR) is 67.5 cm³/mol. The first kappa shape index (κ1) is 11.5. The molecule has 0 radical (unpaired) electrons. The lowest BCUT2D eigenvalue weighted by Gasteiger charge is -2.09. The van der Waals surface area contributed by atoms with Gasteiger partial charge in [-0.1, -0.05) is 0 Å². The van der Waals surface area contributed by atoms with Crippen molar-refractivity contribution < 1.29 is 9.53 Å². The SMILES string of the molecule is COc1ccc2c(c1)c(C(=O)N(C)C)cn2C. The minimum Gasteiger partial charge on any atom is -0.497 e. The van der Waals surface area contributed by atoms with Crippen LogP contribution in [0.15, 0.2) is 24.4 Å². The van der Waals surface area contributed by atoms with Gasteiger partial charge >= 0.3 is 0 Å². The minimum atomic E-state index is 0.00357. The van der Waals surface area contributed by atoms with Crippen LogP contribution in [0.4, 0.5) is 0 Å². The van der Waals surface area contributed by atoms with E-state index in [9.17, 15) is 4.79 Å². The molecule has 0 aliphatic heterocycles. The van der Waals surface area contributed by atoms with Gasteiger partial charge in [-0.15, -0.1) is 0 Å². The molecule has 1 aromatic heterocycles. The molecule has 0 aliphatic rings. The summed E-state index contributed by atoms with van der Waals surface area (Å²) in [5.74, 6) is 0.764. The average Bonchev–Trinajstić information content (AvgIpc) is 2.65. The second-order valence-corrected chi connectivity index (χ2v) is 4.24. The average molecular weight is 232 g/mol. The van der Waals surface area contributed by atoms with Gasteiger partial charge in [-0.05, 0) is 18.2 Å². The highest BCUT2D eigenvalue weighted by atomic mass is 16.5. The fourth-order valence-corrected chi connectivity index (χ4v) is 1.91. The van der Waals surface area contributed by atoms with E-state index in [-0.39, 0.29) is 5.91 Å². The number of ether oxygens (including phenoxy) is 1. The van der Waals surface area contributed by atoms with Crippen LogP contribution in [0.2, 0.25) is 0 Å². The first-order valence-corrected chi connectivity index (χ1v) is 5.39. The molecule has 1 aromatic carbocycles. The summed E-state index contributed by atoms with van der Waals surface area (Å²) < 4.78 is 7.14. The first-order valence-electron chi connectivity index (χ1n) is 5.39. The summed E-state index contributed by atoms with van der Waals surface area (Å²) in [6.45, 7) is 0. The zero-order chi connectivity index (χ0) is 12.6. The van der Waals surface area contributed by atoms with Gasteiger partial charge in [0, 0.05) is 38.2 Å². The van der Waals surface area contributed by atoms with Crippen LogP contribution in [0, 0.1) is 0 Å². The molecule has 0 saturated heterocycles. The van der Waals surface area contributed by atoms with Gasteiger partial charge in [0.25, 0.3) is 5.91 Å². The van der Waals surface area contributed by atoms with Crippen molar-refractivity contribution in [3.8, 4) is 5.75 Å². The third-order valence-electron chi connectivity index (χ3n) is 2.83. The number of aryl methyl sites for hydroxylation is 1. The van der Waals surface area contributed by atoms with E-state index in [1.54, 1.807) is 26.1 Å². The maximum atomic E-state index is 12.0. The van der Waals surface area contributed by atoms with Crippen LogP contribution < -0.4 is 4.74 Å². The molecule has 0 aliphatic carbocycles. The van der Waals surface area contributed by atoms with E-state index in [4.69, 9.17) is 4.74 Å². The molecular weight excluding hydrogens is 216 g/mol. The fraction of sp³-hybridized carbons (Fsp3) is 0.308. The summed E-state index contributed by atoms with van der Waals surface area (Å²) in [5, 5.41) is 0.922. The maximum absolute atomic E-state index is 12.0. The van der Waals surface area contributed by atoms with Gasteiger partial charge in [0.2, 0.25) is 0 Å². The summed E-state index contributed by atoms with van der Waals surface area (Å²) in [6, 6.07) is 5.75. The number of fused-ring (bicyclic) bond motifs is 1. The quantitative estimate of drug-likeness (QED) is 0.792. The molecule has 0 spiro atoms. The van der Waals surface area contributed by atoms with E-state index in [2.05, 4.69) is 0 Å². The lowest BCUT2D eigenvalue weighted by molar-refractivity contribution is 0.0829. The van der Waals surface area contributed by atoms with E-state index in [1.165, 1.54) is 0 Å².